The van der Waals surface area contributed by atoms with Crippen molar-refractivity contribution in [3.8, 4) is 17.1 Å². The van der Waals surface area contributed by atoms with Gasteiger partial charge in [0.25, 0.3) is 5.56 Å². The fourth-order valence-corrected chi connectivity index (χ4v) is 5.83. The average Bonchev–Trinajstić information content (AvgIpc) is 3.55. The SMILES string of the molecule is CCOC(=O)C1=C(C)N=c2s/c(=C/c3ccc(-c4ccc(C(=O)OC)cc4C)o3)c(=O)n2[C@H]1c1cccc(OC)c1. The summed E-state index contributed by atoms with van der Waals surface area (Å²) < 4.78 is 23.5. The molecule has 0 spiro atoms. The van der Waals surface area contributed by atoms with Crippen molar-refractivity contribution in [2.75, 3.05) is 20.8 Å². The Morgan fingerprint density at radius 3 is 2.59 bits per heavy atom. The molecule has 1 aliphatic heterocycles. The third-order valence-electron chi connectivity index (χ3n) is 6.74. The molecule has 41 heavy (non-hydrogen) atoms. The molecule has 0 fully saturated rings. The summed E-state index contributed by atoms with van der Waals surface area (Å²) >= 11 is 1.21. The Labute approximate surface area is 239 Å². The lowest BCUT2D eigenvalue weighted by Crippen LogP contribution is -2.39. The second-order valence-corrected chi connectivity index (χ2v) is 10.3. The highest BCUT2D eigenvalue weighted by Gasteiger charge is 2.33. The molecule has 0 bridgehead atoms. The maximum absolute atomic E-state index is 13.8. The second-order valence-electron chi connectivity index (χ2n) is 9.30. The van der Waals surface area contributed by atoms with E-state index in [2.05, 4.69) is 4.99 Å². The standard InChI is InChI=1S/C31H28N2O7S/c1-6-39-30(36)26-18(3)32-31-33(27(26)19-8-7-9-21(15-19)37-4)28(34)25(41-31)16-22-11-13-24(40-22)23-12-10-20(14-17(23)2)29(35)38-5/h7-16,27H,6H2,1-5H3/b25-16+/t27-/m0/s1. The van der Waals surface area contributed by atoms with Crippen LogP contribution < -0.4 is 19.6 Å². The number of rotatable bonds is 7. The van der Waals surface area contributed by atoms with Crippen LogP contribution >= 0.6 is 11.3 Å². The zero-order valence-corrected chi connectivity index (χ0v) is 24.0. The first-order chi connectivity index (χ1) is 19.7. The fraction of sp³-hybridized carbons (Fsp3) is 0.226. The van der Waals surface area contributed by atoms with Crippen molar-refractivity contribution in [3.05, 3.63) is 108 Å². The summed E-state index contributed by atoms with van der Waals surface area (Å²) in [5, 5.41) is 0. The zero-order valence-electron chi connectivity index (χ0n) is 23.2. The molecule has 0 saturated heterocycles. The molecule has 3 heterocycles. The lowest BCUT2D eigenvalue weighted by Gasteiger charge is -2.24. The number of carbonyl (C=O) groups is 2. The minimum absolute atomic E-state index is 0.191. The fourth-order valence-electron chi connectivity index (χ4n) is 4.81. The molecule has 0 N–H and O–H groups in total. The Hall–Kier alpha value is -4.70. The summed E-state index contributed by atoms with van der Waals surface area (Å²) in [5.74, 6) is 0.720. The molecule has 5 rings (SSSR count). The molecule has 4 aromatic rings. The van der Waals surface area contributed by atoms with Crippen LogP contribution in [0.3, 0.4) is 0 Å². The Kier molecular flexibility index (Phi) is 7.76. The van der Waals surface area contributed by atoms with Crippen LogP contribution in [0.5, 0.6) is 5.75 Å². The van der Waals surface area contributed by atoms with Gasteiger partial charge in [-0.15, -0.1) is 0 Å². The van der Waals surface area contributed by atoms with E-state index in [1.54, 1.807) is 63.4 Å². The number of ether oxygens (including phenoxy) is 3. The van der Waals surface area contributed by atoms with E-state index in [0.717, 1.165) is 11.1 Å². The van der Waals surface area contributed by atoms with Crippen LogP contribution in [0.4, 0.5) is 0 Å². The van der Waals surface area contributed by atoms with Crippen LogP contribution in [0.2, 0.25) is 0 Å². The largest absolute Gasteiger partial charge is 0.497 e. The number of esters is 2. The number of aromatic nitrogens is 1. The average molecular weight is 573 g/mol. The van der Waals surface area contributed by atoms with E-state index in [1.807, 2.05) is 25.1 Å². The third-order valence-corrected chi connectivity index (χ3v) is 7.72. The van der Waals surface area contributed by atoms with Gasteiger partial charge in [-0.2, -0.15) is 0 Å². The van der Waals surface area contributed by atoms with Crippen LogP contribution in [-0.2, 0) is 14.3 Å². The van der Waals surface area contributed by atoms with Crippen molar-refractivity contribution in [3.63, 3.8) is 0 Å². The molecule has 2 aromatic carbocycles. The van der Waals surface area contributed by atoms with Gasteiger partial charge in [-0.3, -0.25) is 9.36 Å². The second kappa shape index (κ2) is 11.4. The monoisotopic (exact) mass is 572 g/mol. The van der Waals surface area contributed by atoms with Crippen LogP contribution in [0.25, 0.3) is 17.4 Å². The first-order valence-corrected chi connectivity index (χ1v) is 13.7. The Balaban J connectivity index is 1.60. The molecule has 9 nitrogen and oxygen atoms in total. The zero-order chi connectivity index (χ0) is 29.3. The summed E-state index contributed by atoms with van der Waals surface area (Å²) in [6, 6.07) is 15.3. The predicted molar refractivity (Wildman–Crippen MR) is 154 cm³/mol. The smallest absolute Gasteiger partial charge is 0.338 e. The number of hydrogen-bond acceptors (Lipinski definition) is 9. The number of benzene rings is 2. The summed E-state index contributed by atoms with van der Waals surface area (Å²) in [6.07, 6.45) is 1.66. The minimum atomic E-state index is -0.745. The van der Waals surface area contributed by atoms with Crippen LogP contribution in [0.1, 0.15) is 47.1 Å². The van der Waals surface area contributed by atoms with E-state index in [-0.39, 0.29) is 12.2 Å². The van der Waals surface area contributed by atoms with Crippen molar-refractivity contribution in [2.24, 2.45) is 4.99 Å². The molecule has 0 radical (unpaired) electrons. The van der Waals surface area contributed by atoms with Crippen molar-refractivity contribution in [1.82, 2.24) is 4.57 Å². The molecule has 1 atom stereocenters. The highest BCUT2D eigenvalue weighted by atomic mass is 32.1. The quantitative estimate of drug-likeness (QED) is 0.306. The van der Waals surface area contributed by atoms with E-state index in [1.165, 1.54) is 23.0 Å². The number of hydrogen-bond donors (Lipinski definition) is 0. The normalized spacial score (nSPS) is 14.9. The number of thiazole rings is 1. The molecular weight excluding hydrogens is 544 g/mol. The number of fused-ring (bicyclic) bond motifs is 1. The number of aryl methyl sites for hydroxylation is 1. The molecule has 0 amide bonds. The van der Waals surface area contributed by atoms with Gasteiger partial charge < -0.3 is 18.6 Å². The van der Waals surface area contributed by atoms with Crippen LogP contribution in [0.15, 0.2) is 80.1 Å². The molecule has 0 aliphatic carbocycles. The molecule has 10 heteroatoms. The van der Waals surface area contributed by atoms with E-state index in [4.69, 9.17) is 18.6 Å². The van der Waals surface area contributed by atoms with Gasteiger partial charge in [0.1, 0.15) is 17.3 Å². The minimum Gasteiger partial charge on any atom is -0.497 e. The summed E-state index contributed by atoms with van der Waals surface area (Å²) in [4.78, 5) is 43.8. The van der Waals surface area contributed by atoms with Gasteiger partial charge in [-0.1, -0.05) is 29.5 Å². The number of furan rings is 1. The van der Waals surface area contributed by atoms with Gasteiger partial charge in [0, 0.05) is 11.6 Å². The molecule has 0 unspecified atom stereocenters. The number of nitrogens with zero attached hydrogens (tertiary/aromatic N) is 2. The van der Waals surface area contributed by atoms with Gasteiger partial charge in [-0.25, -0.2) is 14.6 Å². The third kappa shape index (κ3) is 5.26. The van der Waals surface area contributed by atoms with E-state index < -0.39 is 18.0 Å². The highest BCUT2D eigenvalue weighted by molar-refractivity contribution is 7.07. The summed E-state index contributed by atoms with van der Waals surface area (Å²) in [5.41, 5.74) is 3.26. The first kappa shape index (κ1) is 27.9. The van der Waals surface area contributed by atoms with E-state index in [9.17, 15) is 14.4 Å². The topological polar surface area (TPSA) is 109 Å². The summed E-state index contributed by atoms with van der Waals surface area (Å²) in [6.45, 7) is 5.54. The van der Waals surface area contributed by atoms with Gasteiger partial charge in [0.2, 0.25) is 0 Å². The van der Waals surface area contributed by atoms with Crippen molar-refractivity contribution in [2.45, 2.75) is 26.8 Å². The number of methoxy groups -OCH3 is 2. The number of carbonyl (C=O) groups excluding carboxylic acids is 2. The molecule has 0 saturated carbocycles. The van der Waals surface area contributed by atoms with Crippen LogP contribution in [0, 0.1) is 6.92 Å². The van der Waals surface area contributed by atoms with Crippen molar-refractivity contribution < 1.29 is 28.2 Å². The maximum atomic E-state index is 13.8. The lowest BCUT2D eigenvalue weighted by molar-refractivity contribution is -0.139. The van der Waals surface area contributed by atoms with Gasteiger partial charge in [0.15, 0.2) is 4.80 Å². The van der Waals surface area contributed by atoms with Crippen molar-refractivity contribution in [1.29, 1.82) is 0 Å². The van der Waals surface area contributed by atoms with E-state index >= 15 is 0 Å². The van der Waals surface area contributed by atoms with Gasteiger partial charge in [-0.05, 0) is 68.3 Å². The first-order valence-electron chi connectivity index (χ1n) is 12.9. The molecular formula is C31H28N2O7S. The number of allylic oxidation sites excluding steroid dienone is 1. The Morgan fingerprint density at radius 1 is 1.07 bits per heavy atom. The van der Waals surface area contributed by atoms with Crippen molar-refractivity contribution >= 4 is 29.4 Å². The highest BCUT2D eigenvalue weighted by Crippen LogP contribution is 2.32. The molecule has 2 aromatic heterocycles. The Morgan fingerprint density at radius 2 is 1.88 bits per heavy atom. The van der Waals surface area contributed by atoms with Gasteiger partial charge in [0.05, 0.1) is 48.2 Å². The Bertz CT molecular complexity index is 1880. The lowest BCUT2D eigenvalue weighted by atomic mass is 9.95. The molecule has 210 valence electrons. The van der Waals surface area contributed by atoms with Gasteiger partial charge >= 0.3 is 11.9 Å². The molecule has 1 aliphatic rings. The van der Waals surface area contributed by atoms with Crippen LogP contribution in [-0.4, -0.2) is 37.3 Å². The summed E-state index contributed by atoms with van der Waals surface area (Å²) in [7, 11) is 2.90. The van der Waals surface area contributed by atoms with E-state index in [0.29, 0.717) is 49.0 Å². The maximum Gasteiger partial charge on any atom is 0.338 e. The predicted octanol–water partition coefficient (Wildman–Crippen LogP) is 4.16.